The lowest BCUT2D eigenvalue weighted by molar-refractivity contribution is 0.503. The molecule has 1 aliphatic carbocycles. The first-order chi connectivity index (χ1) is 5.90. The normalized spacial score (nSPS) is 19.4. The van der Waals surface area contributed by atoms with Gasteiger partial charge in [-0.15, -0.1) is 11.3 Å². The van der Waals surface area contributed by atoms with Crippen molar-refractivity contribution in [3.05, 3.63) is 22.4 Å². The third-order valence-electron chi connectivity index (χ3n) is 2.56. The Kier molecular flexibility index (Phi) is 2.47. The Bertz CT molecular complexity index is 226. The number of nitrogens with one attached hydrogen (secondary N) is 1. The minimum atomic E-state index is 0.726. The zero-order valence-corrected chi connectivity index (χ0v) is 8.23. The third kappa shape index (κ3) is 1.87. The summed E-state index contributed by atoms with van der Waals surface area (Å²) in [7, 11) is 2.08. The standard InChI is InChI=1S/C10H15NS/c1-11-10(8-4-5-8)7-9-3-2-6-12-9/h2-3,6,8,10-11H,4-5,7H2,1H3. The van der Waals surface area contributed by atoms with Gasteiger partial charge in [0.1, 0.15) is 0 Å². The smallest absolute Gasteiger partial charge is 0.0141 e. The molecule has 1 aromatic heterocycles. The van der Waals surface area contributed by atoms with Crippen molar-refractivity contribution in [2.24, 2.45) is 5.92 Å². The van der Waals surface area contributed by atoms with Gasteiger partial charge >= 0.3 is 0 Å². The van der Waals surface area contributed by atoms with E-state index in [4.69, 9.17) is 0 Å². The second kappa shape index (κ2) is 3.58. The number of thiophene rings is 1. The molecule has 0 bridgehead atoms. The van der Waals surface area contributed by atoms with Gasteiger partial charge in [-0.2, -0.15) is 0 Å². The molecule has 0 aromatic carbocycles. The van der Waals surface area contributed by atoms with E-state index in [9.17, 15) is 0 Å². The summed E-state index contributed by atoms with van der Waals surface area (Å²) in [6.07, 6.45) is 4.08. The SMILES string of the molecule is CNC(Cc1cccs1)C1CC1. The molecule has 0 aliphatic heterocycles. The van der Waals surface area contributed by atoms with Gasteiger partial charge in [0.25, 0.3) is 0 Å². The third-order valence-corrected chi connectivity index (χ3v) is 3.46. The number of hydrogen-bond donors (Lipinski definition) is 1. The second-order valence-corrected chi connectivity index (χ2v) is 4.55. The first kappa shape index (κ1) is 8.27. The quantitative estimate of drug-likeness (QED) is 0.751. The summed E-state index contributed by atoms with van der Waals surface area (Å²) in [6, 6.07) is 5.10. The van der Waals surface area contributed by atoms with Crippen LogP contribution < -0.4 is 5.32 Å². The van der Waals surface area contributed by atoms with Crippen molar-refractivity contribution in [2.45, 2.75) is 25.3 Å². The van der Waals surface area contributed by atoms with Gasteiger partial charge in [-0.3, -0.25) is 0 Å². The van der Waals surface area contributed by atoms with Crippen LogP contribution in [0.1, 0.15) is 17.7 Å². The molecule has 2 heteroatoms. The highest BCUT2D eigenvalue weighted by Crippen LogP contribution is 2.34. The van der Waals surface area contributed by atoms with E-state index in [0.29, 0.717) is 0 Å². The van der Waals surface area contributed by atoms with Crippen LogP contribution in [0.15, 0.2) is 17.5 Å². The summed E-state index contributed by atoms with van der Waals surface area (Å²) in [5.74, 6) is 0.956. The monoisotopic (exact) mass is 181 g/mol. The van der Waals surface area contributed by atoms with E-state index < -0.39 is 0 Å². The van der Waals surface area contributed by atoms with E-state index in [1.165, 1.54) is 24.1 Å². The molecule has 1 nitrogen and oxygen atoms in total. The van der Waals surface area contributed by atoms with Crippen molar-refractivity contribution in [3.63, 3.8) is 0 Å². The molecular weight excluding hydrogens is 166 g/mol. The minimum absolute atomic E-state index is 0.726. The Labute approximate surface area is 77.8 Å². The van der Waals surface area contributed by atoms with Crippen molar-refractivity contribution in [1.29, 1.82) is 0 Å². The van der Waals surface area contributed by atoms with Crippen LogP contribution in [0.4, 0.5) is 0 Å². The molecule has 0 amide bonds. The average Bonchev–Trinajstić information content (AvgIpc) is 2.80. The van der Waals surface area contributed by atoms with Gasteiger partial charge in [-0.1, -0.05) is 6.07 Å². The Morgan fingerprint density at radius 1 is 1.67 bits per heavy atom. The number of rotatable bonds is 4. The van der Waals surface area contributed by atoms with Crippen molar-refractivity contribution in [1.82, 2.24) is 5.32 Å². The van der Waals surface area contributed by atoms with Crippen LogP contribution >= 0.6 is 11.3 Å². The first-order valence-corrected chi connectivity index (χ1v) is 5.48. The summed E-state index contributed by atoms with van der Waals surface area (Å²) < 4.78 is 0. The van der Waals surface area contributed by atoms with E-state index in [1.807, 2.05) is 11.3 Å². The van der Waals surface area contributed by atoms with Crippen LogP contribution in [0.2, 0.25) is 0 Å². The molecule has 0 radical (unpaired) electrons. The summed E-state index contributed by atoms with van der Waals surface area (Å²) in [4.78, 5) is 1.52. The maximum Gasteiger partial charge on any atom is 0.0141 e. The first-order valence-electron chi connectivity index (χ1n) is 4.60. The molecule has 0 saturated heterocycles. The minimum Gasteiger partial charge on any atom is -0.316 e. The molecule has 1 heterocycles. The van der Waals surface area contributed by atoms with Crippen LogP contribution in [-0.4, -0.2) is 13.1 Å². The fourth-order valence-electron chi connectivity index (χ4n) is 1.65. The van der Waals surface area contributed by atoms with E-state index in [-0.39, 0.29) is 0 Å². The van der Waals surface area contributed by atoms with Crippen molar-refractivity contribution in [2.75, 3.05) is 7.05 Å². The fraction of sp³-hybridized carbons (Fsp3) is 0.600. The lowest BCUT2D eigenvalue weighted by Crippen LogP contribution is -2.29. The summed E-state index contributed by atoms with van der Waals surface area (Å²) in [5.41, 5.74) is 0. The van der Waals surface area contributed by atoms with Gasteiger partial charge in [0.15, 0.2) is 0 Å². The molecule has 0 spiro atoms. The predicted octanol–water partition coefficient (Wildman–Crippen LogP) is 2.29. The van der Waals surface area contributed by atoms with E-state index in [0.717, 1.165) is 12.0 Å². The molecule has 12 heavy (non-hydrogen) atoms. The van der Waals surface area contributed by atoms with E-state index in [2.05, 4.69) is 29.9 Å². The topological polar surface area (TPSA) is 12.0 Å². The predicted molar refractivity (Wildman–Crippen MR) is 53.6 cm³/mol. The highest BCUT2D eigenvalue weighted by atomic mass is 32.1. The van der Waals surface area contributed by atoms with Crippen molar-refractivity contribution >= 4 is 11.3 Å². The average molecular weight is 181 g/mol. The lowest BCUT2D eigenvalue weighted by Gasteiger charge is -2.13. The van der Waals surface area contributed by atoms with Crippen LogP contribution in [0.25, 0.3) is 0 Å². The Balaban J connectivity index is 1.91. The maximum atomic E-state index is 3.41. The summed E-state index contributed by atoms with van der Waals surface area (Å²) >= 11 is 1.87. The van der Waals surface area contributed by atoms with Gasteiger partial charge < -0.3 is 5.32 Å². The van der Waals surface area contributed by atoms with Gasteiger partial charge in [0.2, 0.25) is 0 Å². The fourth-order valence-corrected chi connectivity index (χ4v) is 2.41. The molecule has 1 aliphatic rings. The van der Waals surface area contributed by atoms with Crippen LogP contribution in [0.3, 0.4) is 0 Å². The molecule has 1 N–H and O–H groups in total. The largest absolute Gasteiger partial charge is 0.316 e. The van der Waals surface area contributed by atoms with Gasteiger partial charge in [-0.05, 0) is 43.7 Å². The second-order valence-electron chi connectivity index (χ2n) is 3.52. The zero-order valence-electron chi connectivity index (χ0n) is 7.42. The van der Waals surface area contributed by atoms with Gasteiger partial charge in [-0.25, -0.2) is 0 Å². The molecule has 2 rings (SSSR count). The molecule has 1 atom stereocenters. The Morgan fingerprint density at radius 3 is 3.00 bits per heavy atom. The molecule has 66 valence electrons. The summed E-state index contributed by atoms with van der Waals surface area (Å²) in [6.45, 7) is 0. The van der Waals surface area contributed by atoms with Crippen molar-refractivity contribution in [3.8, 4) is 0 Å². The zero-order chi connectivity index (χ0) is 8.39. The summed E-state index contributed by atoms with van der Waals surface area (Å²) in [5, 5.41) is 5.57. The van der Waals surface area contributed by atoms with Crippen LogP contribution in [0, 0.1) is 5.92 Å². The van der Waals surface area contributed by atoms with Crippen LogP contribution in [0.5, 0.6) is 0 Å². The number of hydrogen-bond acceptors (Lipinski definition) is 2. The van der Waals surface area contributed by atoms with E-state index >= 15 is 0 Å². The molecule has 1 aromatic rings. The lowest BCUT2D eigenvalue weighted by atomic mass is 10.1. The maximum absolute atomic E-state index is 3.41. The highest BCUT2D eigenvalue weighted by Gasteiger charge is 2.29. The van der Waals surface area contributed by atoms with Crippen LogP contribution in [-0.2, 0) is 6.42 Å². The van der Waals surface area contributed by atoms with Gasteiger partial charge in [0.05, 0.1) is 0 Å². The molecule has 1 saturated carbocycles. The molecule has 1 fully saturated rings. The Morgan fingerprint density at radius 2 is 2.50 bits per heavy atom. The van der Waals surface area contributed by atoms with Crippen molar-refractivity contribution < 1.29 is 0 Å². The molecular formula is C10H15NS. The number of likely N-dealkylation sites (N-methyl/N-ethyl adjacent to an activating group) is 1. The Hall–Kier alpha value is -0.340. The van der Waals surface area contributed by atoms with Gasteiger partial charge in [0, 0.05) is 10.9 Å². The molecule has 1 unspecified atom stereocenters. The van der Waals surface area contributed by atoms with E-state index in [1.54, 1.807) is 0 Å². The highest BCUT2D eigenvalue weighted by molar-refractivity contribution is 7.09.